The fourth-order valence-electron chi connectivity index (χ4n) is 7.27. The first-order chi connectivity index (χ1) is 33.0. The number of amides is 2. The first kappa shape index (κ1) is 53.4. The molecule has 0 radical (unpaired) electrons. The Bertz CT molecular complexity index is 2080. The minimum Gasteiger partial charge on any atom is -0.491 e. The van der Waals surface area contributed by atoms with E-state index in [-0.39, 0.29) is 18.9 Å². The maximum Gasteiger partial charge on any atom is 0.407 e. The second-order valence-corrected chi connectivity index (χ2v) is 16.8. The first-order valence-electron chi connectivity index (χ1n) is 23.2. The molecule has 16 nitrogen and oxygen atoms in total. The highest BCUT2D eigenvalue weighted by molar-refractivity contribution is 5.81. The summed E-state index contributed by atoms with van der Waals surface area (Å²) < 4.78 is 55.3. The van der Waals surface area contributed by atoms with Gasteiger partial charge in [-0.05, 0) is 84.3 Å². The van der Waals surface area contributed by atoms with Gasteiger partial charge in [0, 0.05) is 18.9 Å². The minimum absolute atomic E-state index is 0.0996. The van der Waals surface area contributed by atoms with E-state index in [0.29, 0.717) is 106 Å². The lowest BCUT2D eigenvalue weighted by Crippen LogP contribution is -2.42. The van der Waals surface area contributed by atoms with E-state index in [0.717, 1.165) is 50.3 Å². The molecule has 0 aliphatic heterocycles. The topological polar surface area (TPSA) is 188 Å². The number of nitrogens with one attached hydrogen (secondary N) is 2. The lowest BCUT2D eigenvalue weighted by molar-refractivity contribution is -0.139. The standard InChI is InChI=1S/C52H68N2O14/c1-38-35-41(66-34-33-65-32-31-64-30-29-63-28-27-62-26-25-61-24-23-60-22-21-59-20-19-53-50(57)68-52(2,3)4)17-18-42(38)40-15-13-39(14-16-40)36-48(49(55)56)54-51(58)67-37-47-45-11-7-5-9-43(45)44-10-6-8-12-46(44)47/h5-18,35,47-48H,19-34,36-37H2,1-4H3,(H,53,57)(H,54,58)(H,55,56). The quantitative estimate of drug-likeness (QED) is 0.0417. The zero-order valence-electron chi connectivity index (χ0n) is 39.8. The van der Waals surface area contributed by atoms with E-state index in [4.69, 9.17) is 47.4 Å². The van der Waals surface area contributed by atoms with Crippen molar-refractivity contribution in [3.63, 3.8) is 0 Å². The van der Waals surface area contributed by atoms with Gasteiger partial charge in [-0.2, -0.15) is 0 Å². The summed E-state index contributed by atoms with van der Waals surface area (Å²) in [5.41, 5.74) is 7.65. The third kappa shape index (κ3) is 19.2. The highest BCUT2D eigenvalue weighted by Crippen LogP contribution is 2.44. The molecule has 0 fully saturated rings. The zero-order chi connectivity index (χ0) is 48.4. The van der Waals surface area contributed by atoms with Crippen molar-refractivity contribution in [1.82, 2.24) is 10.6 Å². The number of carbonyl (C=O) groups excluding carboxylic acids is 2. The van der Waals surface area contributed by atoms with Gasteiger partial charge in [-0.1, -0.05) is 78.9 Å². The summed E-state index contributed by atoms with van der Waals surface area (Å²) in [5, 5.41) is 15.1. The van der Waals surface area contributed by atoms with Crippen LogP contribution in [0.25, 0.3) is 22.3 Å². The summed E-state index contributed by atoms with van der Waals surface area (Å²) in [6.45, 7) is 14.5. The zero-order valence-corrected chi connectivity index (χ0v) is 39.8. The monoisotopic (exact) mass is 944 g/mol. The molecule has 1 aliphatic carbocycles. The number of benzene rings is 4. The number of hydrogen-bond acceptors (Lipinski definition) is 13. The fraction of sp³-hybridized carbons (Fsp3) is 0.481. The molecule has 16 heteroatoms. The molecule has 0 aromatic heterocycles. The van der Waals surface area contributed by atoms with Crippen LogP contribution in [-0.4, -0.2) is 147 Å². The van der Waals surface area contributed by atoms with Crippen molar-refractivity contribution >= 4 is 18.2 Å². The number of alkyl carbamates (subject to hydrolysis) is 2. The van der Waals surface area contributed by atoms with Crippen LogP contribution in [0.3, 0.4) is 0 Å². The summed E-state index contributed by atoms with van der Waals surface area (Å²) in [4.78, 5) is 36.6. The summed E-state index contributed by atoms with van der Waals surface area (Å²) >= 11 is 0. The molecule has 3 N–H and O–H groups in total. The first-order valence-corrected chi connectivity index (χ1v) is 23.2. The van der Waals surface area contributed by atoms with E-state index in [2.05, 4.69) is 22.8 Å². The molecule has 0 saturated heterocycles. The van der Waals surface area contributed by atoms with Crippen molar-refractivity contribution in [2.24, 2.45) is 0 Å². The number of rotatable bonds is 32. The van der Waals surface area contributed by atoms with Crippen LogP contribution in [-0.2, 0) is 53.8 Å². The highest BCUT2D eigenvalue weighted by atomic mass is 16.6. The Labute approximate surface area is 399 Å². The molecule has 4 aromatic rings. The number of aryl methyl sites for hydroxylation is 1. The number of fused-ring (bicyclic) bond motifs is 3. The summed E-state index contributed by atoms with van der Waals surface area (Å²) in [6.07, 6.45) is -1.13. The van der Waals surface area contributed by atoms with E-state index in [1.165, 1.54) is 0 Å². The van der Waals surface area contributed by atoms with Gasteiger partial charge in [0.1, 0.15) is 30.6 Å². The Morgan fingerprint density at radius 3 is 1.56 bits per heavy atom. The van der Waals surface area contributed by atoms with Crippen molar-refractivity contribution in [2.45, 2.75) is 51.7 Å². The number of carboxylic acid groups (broad SMARTS) is 1. The van der Waals surface area contributed by atoms with Crippen molar-refractivity contribution in [1.29, 1.82) is 0 Å². The number of aliphatic carboxylic acids is 1. The molecule has 2 amide bonds. The van der Waals surface area contributed by atoms with Gasteiger partial charge >= 0.3 is 18.2 Å². The predicted molar refractivity (Wildman–Crippen MR) is 255 cm³/mol. The summed E-state index contributed by atoms with van der Waals surface area (Å²) in [7, 11) is 0. The van der Waals surface area contributed by atoms with E-state index >= 15 is 0 Å². The molecule has 4 aromatic carbocycles. The Kier molecular flexibility index (Phi) is 23.0. The van der Waals surface area contributed by atoms with Crippen LogP contribution in [0.1, 0.15) is 48.9 Å². The van der Waals surface area contributed by atoms with Crippen molar-refractivity contribution in [3.8, 4) is 28.0 Å². The maximum atomic E-state index is 12.9. The summed E-state index contributed by atoms with van der Waals surface area (Å²) in [6, 6.07) is 28.5. The molecule has 0 spiro atoms. The number of carbonyl (C=O) groups is 3. The Hall–Kier alpha value is -5.59. The van der Waals surface area contributed by atoms with Crippen LogP contribution in [0.2, 0.25) is 0 Å². The lowest BCUT2D eigenvalue weighted by atomic mass is 9.97. The fourth-order valence-corrected chi connectivity index (χ4v) is 7.27. The second-order valence-electron chi connectivity index (χ2n) is 16.8. The van der Waals surface area contributed by atoms with Gasteiger partial charge in [0.15, 0.2) is 0 Å². The normalized spacial score (nSPS) is 12.5. The number of ether oxygens (including phenoxy) is 10. The van der Waals surface area contributed by atoms with Gasteiger partial charge in [0.2, 0.25) is 0 Å². The van der Waals surface area contributed by atoms with E-state index in [9.17, 15) is 19.5 Å². The Balaban J connectivity index is 0.831. The van der Waals surface area contributed by atoms with Gasteiger partial charge in [0.25, 0.3) is 0 Å². The molecule has 0 heterocycles. The molecule has 68 heavy (non-hydrogen) atoms. The molecule has 0 saturated carbocycles. The average Bonchev–Trinajstić information content (AvgIpc) is 3.63. The Morgan fingerprint density at radius 1 is 0.588 bits per heavy atom. The van der Waals surface area contributed by atoms with Gasteiger partial charge in [-0.15, -0.1) is 0 Å². The van der Waals surface area contributed by atoms with Gasteiger partial charge < -0.3 is 63.1 Å². The van der Waals surface area contributed by atoms with Gasteiger partial charge in [-0.25, -0.2) is 14.4 Å². The smallest absolute Gasteiger partial charge is 0.407 e. The maximum absolute atomic E-state index is 12.9. The lowest BCUT2D eigenvalue weighted by Gasteiger charge is -2.19. The SMILES string of the molecule is Cc1cc(OCCOCCOCCOCCOCCOCCOCCOCCNC(=O)OC(C)(C)C)ccc1-c1ccc(CC(NC(=O)OCC2c3ccccc3-c3ccccc32)C(=O)O)cc1. The molecule has 1 aliphatic rings. The van der Waals surface area contributed by atoms with Crippen molar-refractivity contribution in [3.05, 3.63) is 113 Å². The highest BCUT2D eigenvalue weighted by Gasteiger charge is 2.30. The van der Waals surface area contributed by atoms with Crippen LogP contribution in [0, 0.1) is 6.92 Å². The van der Waals surface area contributed by atoms with E-state index < -0.39 is 29.8 Å². The van der Waals surface area contributed by atoms with Gasteiger partial charge in [0.05, 0.1) is 92.5 Å². The van der Waals surface area contributed by atoms with Crippen LogP contribution in [0.15, 0.2) is 91.0 Å². The molecular weight excluding hydrogens is 877 g/mol. The second kappa shape index (κ2) is 29.3. The molecule has 1 unspecified atom stereocenters. The molecule has 5 rings (SSSR count). The minimum atomic E-state index is -1.16. The summed E-state index contributed by atoms with van der Waals surface area (Å²) in [5.74, 6) is -0.536. The third-order valence-corrected chi connectivity index (χ3v) is 10.5. The van der Waals surface area contributed by atoms with Crippen molar-refractivity contribution in [2.75, 3.05) is 112 Å². The van der Waals surface area contributed by atoms with E-state index in [1.807, 2.05) is 107 Å². The van der Waals surface area contributed by atoms with Crippen molar-refractivity contribution < 1.29 is 66.9 Å². The van der Waals surface area contributed by atoms with Crippen LogP contribution in [0.5, 0.6) is 5.75 Å². The van der Waals surface area contributed by atoms with Crippen LogP contribution < -0.4 is 15.4 Å². The number of hydrogen-bond donors (Lipinski definition) is 3. The largest absolute Gasteiger partial charge is 0.491 e. The molecule has 0 bridgehead atoms. The van der Waals surface area contributed by atoms with Crippen LogP contribution >= 0.6 is 0 Å². The molecule has 370 valence electrons. The van der Waals surface area contributed by atoms with E-state index in [1.54, 1.807) is 0 Å². The molecular formula is C52H68N2O14. The average molecular weight is 945 g/mol. The molecule has 1 atom stereocenters. The van der Waals surface area contributed by atoms with Crippen LogP contribution in [0.4, 0.5) is 9.59 Å². The van der Waals surface area contributed by atoms with Gasteiger partial charge in [-0.3, -0.25) is 0 Å². The predicted octanol–water partition coefficient (Wildman–Crippen LogP) is 7.22. The Morgan fingerprint density at radius 2 is 1.07 bits per heavy atom. The number of carboxylic acids is 1. The third-order valence-electron chi connectivity index (χ3n) is 10.5.